The molecule has 2 aromatic carbocycles. The summed E-state index contributed by atoms with van der Waals surface area (Å²) in [5, 5.41) is 2.97. The van der Waals surface area contributed by atoms with Crippen molar-refractivity contribution in [2.24, 2.45) is 0 Å². The van der Waals surface area contributed by atoms with E-state index in [4.69, 9.17) is 4.18 Å². The van der Waals surface area contributed by atoms with Crippen molar-refractivity contribution in [1.82, 2.24) is 4.90 Å². The van der Waals surface area contributed by atoms with Gasteiger partial charge in [-0.25, -0.2) is 4.79 Å². The largest absolute Gasteiger partial charge is 0.382 e. The first kappa shape index (κ1) is 21.8. The number of nitrogens with zero attached hydrogens (tertiary/aromatic N) is 1. The lowest BCUT2D eigenvalue weighted by Crippen LogP contribution is -2.40. The van der Waals surface area contributed by atoms with Gasteiger partial charge in [0.25, 0.3) is 0 Å². The summed E-state index contributed by atoms with van der Waals surface area (Å²) in [4.78, 5) is 14.7. The third-order valence-corrected chi connectivity index (χ3v) is 5.75. The van der Waals surface area contributed by atoms with E-state index in [-0.39, 0.29) is 23.6 Å². The van der Waals surface area contributed by atoms with E-state index in [1.165, 1.54) is 6.92 Å². The van der Waals surface area contributed by atoms with Gasteiger partial charge < -0.3 is 14.4 Å². The van der Waals surface area contributed by atoms with Gasteiger partial charge in [-0.05, 0) is 56.5 Å². The van der Waals surface area contributed by atoms with Crippen molar-refractivity contribution in [3.63, 3.8) is 0 Å². The number of benzene rings is 2. The normalized spacial score (nSPS) is 12.3. The summed E-state index contributed by atoms with van der Waals surface area (Å²) in [6.45, 7) is 7.82. The number of para-hydroxylation sites is 1. The fourth-order valence-electron chi connectivity index (χ4n) is 2.65. The van der Waals surface area contributed by atoms with Gasteiger partial charge in [0, 0.05) is 18.3 Å². The highest BCUT2D eigenvalue weighted by Gasteiger charge is 2.20. The van der Waals surface area contributed by atoms with Crippen molar-refractivity contribution in [3.05, 3.63) is 59.7 Å². The van der Waals surface area contributed by atoms with Crippen molar-refractivity contribution in [1.29, 1.82) is 0 Å². The van der Waals surface area contributed by atoms with Crippen LogP contribution in [0.25, 0.3) is 0 Å². The van der Waals surface area contributed by atoms with Gasteiger partial charge in [0.15, 0.2) is 0 Å². The Morgan fingerprint density at radius 2 is 1.86 bits per heavy atom. The highest BCUT2D eigenvalue weighted by atomic mass is 32.2. The SMILES string of the molecule is CC[C@H](C)N(Cc1cccc(OS(=O)(=O)CC)c1)C(=O)Nc1ccccc1C. The highest BCUT2D eigenvalue weighted by molar-refractivity contribution is 7.87. The first-order chi connectivity index (χ1) is 13.3. The van der Waals surface area contributed by atoms with E-state index in [1.54, 1.807) is 23.1 Å². The monoisotopic (exact) mass is 404 g/mol. The number of carbonyl (C=O) groups excluding carboxylic acids is 1. The minimum Gasteiger partial charge on any atom is -0.382 e. The van der Waals surface area contributed by atoms with Crippen LogP contribution in [0.1, 0.15) is 38.3 Å². The molecular formula is C21H28N2O4S. The zero-order valence-electron chi connectivity index (χ0n) is 16.8. The van der Waals surface area contributed by atoms with Crippen molar-refractivity contribution in [2.45, 2.75) is 46.7 Å². The average molecular weight is 405 g/mol. The third kappa shape index (κ3) is 5.99. The predicted molar refractivity (Wildman–Crippen MR) is 112 cm³/mol. The molecule has 0 bridgehead atoms. The number of hydrogen-bond acceptors (Lipinski definition) is 4. The molecule has 1 atom stereocenters. The topological polar surface area (TPSA) is 75.7 Å². The second kappa shape index (κ2) is 9.59. The molecule has 0 aliphatic rings. The molecule has 0 aliphatic carbocycles. The molecule has 0 aliphatic heterocycles. The number of amides is 2. The van der Waals surface area contributed by atoms with Gasteiger partial charge in [-0.1, -0.05) is 37.3 Å². The van der Waals surface area contributed by atoms with E-state index in [0.29, 0.717) is 6.54 Å². The summed E-state index contributed by atoms with van der Waals surface area (Å²) in [6, 6.07) is 14.2. The summed E-state index contributed by atoms with van der Waals surface area (Å²) >= 11 is 0. The van der Waals surface area contributed by atoms with Crippen LogP contribution in [0, 0.1) is 6.92 Å². The van der Waals surface area contributed by atoms with Crippen LogP contribution in [0.4, 0.5) is 10.5 Å². The van der Waals surface area contributed by atoms with E-state index in [2.05, 4.69) is 5.32 Å². The van der Waals surface area contributed by atoms with E-state index >= 15 is 0 Å². The molecule has 0 aromatic heterocycles. The fourth-order valence-corrected chi connectivity index (χ4v) is 3.16. The van der Waals surface area contributed by atoms with Gasteiger partial charge in [0.05, 0.1) is 5.75 Å². The first-order valence-corrected chi connectivity index (χ1v) is 11.0. The molecule has 6 nitrogen and oxygen atoms in total. The predicted octanol–water partition coefficient (Wildman–Crippen LogP) is 4.56. The van der Waals surface area contributed by atoms with Crippen LogP contribution in [-0.4, -0.2) is 31.1 Å². The molecule has 0 heterocycles. The van der Waals surface area contributed by atoms with Gasteiger partial charge in [0.2, 0.25) is 0 Å². The molecule has 0 radical (unpaired) electrons. The summed E-state index contributed by atoms with van der Waals surface area (Å²) in [6.07, 6.45) is 0.793. The molecule has 0 saturated heterocycles. The Bertz CT molecular complexity index is 912. The Morgan fingerprint density at radius 3 is 2.50 bits per heavy atom. The Hall–Kier alpha value is -2.54. The standard InChI is InChI=1S/C21H28N2O4S/c1-5-17(4)23(21(24)22-20-13-8-7-10-16(20)3)15-18-11-9-12-19(14-18)27-28(25,26)6-2/h7-14,17H,5-6,15H2,1-4H3,(H,22,24)/t17-/m0/s1. The molecule has 0 unspecified atom stereocenters. The Morgan fingerprint density at radius 1 is 1.14 bits per heavy atom. The van der Waals surface area contributed by atoms with Crippen LogP contribution in [0.2, 0.25) is 0 Å². The zero-order valence-corrected chi connectivity index (χ0v) is 17.6. The van der Waals surface area contributed by atoms with Crippen LogP contribution in [-0.2, 0) is 16.7 Å². The molecule has 2 amide bonds. The molecule has 1 N–H and O–H groups in total. The summed E-state index contributed by atoms with van der Waals surface area (Å²) < 4.78 is 28.5. The third-order valence-electron chi connectivity index (χ3n) is 4.60. The fraction of sp³-hybridized carbons (Fsp3) is 0.381. The number of nitrogens with one attached hydrogen (secondary N) is 1. The van der Waals surface area contributed by atoms with Crippen LogP contribution in [0.15, 0.2) is 48.5 Å². The molecular weight excluding hydrogens is 376 g/mol. The lowest BCUT2D eigenvalue weighted by molar-refractivity contribution is 0.187. The lowest BCUT2D eigenvalue weighted by atomic mass is 10.1. The minimum atomic E-state index is -3.59. The smallest absolute Gasteiger partial charge is 0.322 e. The zero-order chi connectivity index (χ0) is 20.7. The maximum atomic E-state index is 12.9. The van der Waals surface area contributed by atoms with Gasteiger partial charge in [0.1, 0.15) is 5.75 Å². The summed E-state index contributed by atoms with van der Waals surface area (Å²) in [5.41, 5.74) is 2.55. The molecule has 0 fully saturated rings. The molecule has 28 heavy (non-hydrogen) atoms. The summed E-state index contributed by atoms with van der Waals surface area (Å²) in [5.74, 6) is 0.150. The lowest BCUT2D eigenvalue weighted by Gasteiger charge is -2.29. The number of carbonyl (C=O) groups is 1. The first-order valence-electron chi connectivity index (χ1n) is 9.40. The van der Waals surface area contributed by atoms with Crippen LogP contribution >= 0.6 is 0 Å². The Balaban J connectivity index is 2.20. The number of rotatable bonds is 8. The van der Waals surface area contributed by atoms with Crippen LogP contribution in [0.5, 0.6) is 5.75 Å². The molecule has 2 aromatic rings. The molecule has 0 spiro atoms. The van der Waals surface area contributed by atoms with Crippen molar-refractivity contribution in [2.75, 3.05) is 11.1 Å². The highest BCUT2D eigenvalue weighted by Crippen LogP contribution is 2.20. The van der Waals surface area contributed by atoms with Crippen molar-refractivity contribution < 1.29 is 17.4 Å². The van der Waals surface area contributed by atoms with Gasteiger partial charge in [-0.2, -0.15) is 8.42 Å². The quantitative estimate of drug-likeness (QED) is 0.655. The minimum absolute atomic E-state index is 0.00738. The van der Waals surface area contributed by atoms with Gasteiger partial charge in [-0.3, -0.25) is 0 Å². The van der Waals surface area contributed by atoms with Crippen molar-refractivity contribution in [3.8, 4) is 5.75 Å². The number of urea groups is 1. The maximum Gasteiger partial charge on any atom is 0.322 e. The van der Waals surface area contributed by atoms with E-state index in [1.807, 2.05) is 51.1 Å². The van der Waals surface area contributed by atoms with Gasteiger partial charge >= 0.3 is 16.1 Å². The average Bonchev–Trinajstić information content (AvgIpc) is 2.67. The second-order valence-electron chi connectivity index (χ2n) is 6.71. The van der Waals surface area contributed by atoms with Crippen molar-refractivity contribution >= 4 is 21.8 Å². The number of anilines is 1. The van der Waals surface area contributed by atoms with Gasteiger partial charge in [-0.15, -0.1) is 0 Å². The van der Waals surface area contributed by atoms with Crippen LogP contribution < -0.4 is 9.50 Å². The Labute approximate surface area is 167 Å². The maximum absolute atomic E-state index is 12.9. The van der Waals surface area contributed by atoms with E-state index < -0.39 is 10.1 Å². The molecule has 2 rings (SSSR count). The number of aryl methyl sites for hydroxylation is 1. The molecule has 0 saturated carbocycles. The molecule has 7 heteroatoms. The molecule has 152 valence electrons. The van der Waals surface area contributed by atoms with E-state index in [9.17, 15) is 13.2 Å². The second-order valence-corrected chi connectivity index (χ2v) is 8.57. The Kier molecular flexibility index (Phi) is 7.45. The summed E-state index contributed by atoms with van der Waals surface area (Å²) in [7, 11) is -3.59. The van der Waals surface area contributed by atoms with Crippen LogP contribution in [0.3, 0.4) is 0 Å². The number of hydrogen-bond donors (Lipinski definition) is 1. The van der Waals surface area contributed by atoms with E-state index in [0.717, 1.165) is 23.2 Å².